The molecule has 0 saturated carbocycles. The summed E-state index contributed by atoms with van der Waals surface area (Å²) < 4.78 is 11.1. The van der Waals surface area contributed by atoms with Crippen LogP contribution in [0.5, 0.6) is 11.5 Å². The summed E-state index contributed by atoms with van der Waals surface area (Å²) in [5, 5.41) is 3.03. The first-order chi connectivity index (χ1) is 11.6. The van der Waals surface area contributed by atoms with E-state index >= 15 is 0 Å². The van der Waals surface area contributed by atoms with Crippen LogP contribution in [-0.4, -0.2) is 19.1 Å². The summed E-state index contributed by atoms with van der Waals surface area (Å²) in [7, 11) is 1.60. The van der Waals surface area contributed by atoms with Crippen molar-refractivity contribution >= 4 is 11.6 Å². The lowest BCUT2D eigenvalue weighted by atomic mass is 10.1. The number of methoxy groups -OCH3 is 1. The normalized spacial score (nSPS) is 11.7. The van der Waals surface area contributed by atoms with Gasteiger partial charge in [0.2, 0.25) is 0 Å². The Morgan fingerprint density at radius 2 is 1.83 bits per heavy atom. The standard InChI is InChI=1S/C20H25NO3/c1-5-15-10-7-9-14(3)19(15)21-20(22)18(6-2)24-17-12-8-11-16(13-17)23-4/h7-13,18H,5-6H2,1-4H3,(H,21,22)/t18-/m1/s1. The maximum Gasteiger partial charge on any atom is 0.265 e. The van der Waals surface area contributed by atoms with E-state index in [-0.39, 0.29) is 5.91 Å². The number of amides is 1. The summed E-state index contributed by atoms with van der Waals surface area (Å²) in [5.41, 5.74) is 3.07. The first-order valence-electron chi connectivity index (χ1n) is 8.29. The van der Waals surface area contributed by atoms with Crippen molar-refractivity contribution in [3.05, 3.63) is 53.6 Å². The van der Waals surface area contributed by atoms with Crippen LogP contribution < -0.4 is 14.8 Å². The number of carbonyl (C=O) groups excluding carboxylic acids is 1. The molecule has 0 aliphatic carbocycles. The van der Waals surface area contributed by atoms with Crippen LogP contribution in [0.2, 0.25) is 0 Å². The van der Waals surface area contributed by atoms with Crippen LogP contribution in [-0.2, 0) is 11.2 Å². The second-order valence-electron chi connectivity index (χ2n) is 5.65. The molecule has 0 heterocycles. The highest BCUT2D eigenvalue weighted by Crippen LogP contribution is 2.24. The van der Waals surface area contributed by atoms with E-state index in [1.54, 1.807) is 13.2 Å². The van der Waals surface area contributed by atoms with Crippen LogP contribution in [0.1, 0.15) is 31.4 Å². The number of hydrogen-bond acceptors (Lipinski definition) is 3. The van der Waals surface area contributed by atoms with E-state index in [1.807, 2.05) is 50.2 Å². The molecular weight excluding hydrogens is 302 g/mol. The molecule has 0 spiro atoms. The molecule has 2 aromatic rings. The predicted molar refractivity (Wildman–Crippen MR) is 96.9 cm³/mol. The Hall–Kier alpha value is -2.49. The number of nitrogens with one attached hydrogen (secondary N) is 1. The lowest BCUT2D eigenvalue weighted by molar-refractivity contribution is -0.122. The highest BCUT2D eigenvalue weighted by atomic mass is 16.5. The van der Waals surface area contributed by atoms with Crippen molar-refractivity contribution in [1.29, 1.82) is 0 Å². The van der Waals surface area contributed by atoms with Crippen molar-refractivity contribution < 1.29 is 14.3 Å². The first-order valence-corrected chi connectivity index (χ1v) is 8.29. The minimum Gasteiger partial charge on any atom is -0.497 e. The van der Waals surface area contributed by atoms with Crippen LogP contribution in [0.3, 0.4) is 0 Å². The van der Waals surface area contributed by atoms with Gasteiger partial charge in [0, 0.05) is 11.8 Å². The van der Waals surface area contributed by atoms with Gasteiger partial charge < -0.3 is 14.8 Å². The van der Waals surface area contributed by atoms with Crippen molar-refractivity contribution in [1.82, 2.24) is 0 Å². The topological polar surface area (TPSA) is 47.6 Å². The smallest absolute Gasteiger partial charge is 0.265 e. The molecule has 0 bridgehead atoms. The van der Waals surface area contributed by atoms with Gasteiger partial charge in [-0.1, -0.05) is 38.1 Å². The predicted octanol–water partition coefficient (Wildman–Crippen LogP) is 4.36. The quantitative estimate of drug-likeness (QED) is 0.822. The molecule has 4 heteroatoms. The first kappa shape index (κ1) is 17.9. The maximum absolute atomic E-state index is 12.7. The molecule has 128 valence electrons. The van der Waals surface area contributed by atoms with Gasteiger partial charge >= 0.3 is 0 Å². The lowest BCUT2D eigenvalue weighted by Crippen LogP contribution is -2.33. The largest absolute Gasteiger partial charge is 0.497 e. The van der Waals surface area contributed by atoms with Gasteiger partial charge in [-0.25, -0.2) is 0 Å². The zero-order chi connectivity index (χ0) is 17.5. The average molecular weight is 327 g/mol. The van der Waals surface area contributed by atoms with E-state index in [0.717, 1.165) is 23.2 Å². The molecule has 24 heavy (non-hydrogen) atoms. The number of para-hydroxylation sites is 1. The van der Waals surface area contributed by atoms with E-state index in [4.69, 9.17) is 9.47 Å². The van der Waals surface area contributed by atoms with E-state index in [2.05, 4.69) is 12.2 Å². The fourth-order valence-corrected chi connectivity index (χ4v) is 2.57. The number of benzene rings is 2. The minimum atomic E-state index is -0.554. The zero-order valence-corrected chi connectivity index (χ0v) is 14.8. The van der Waals surface area contributed by atoms with E-state index < -0.39 is 6.10 Å². The van der Waals surface area contributed by atoms with Crippen molar-refractivity contribution in [2.75, 3.05) is 12.4 Å². The molecule has 2 rings (SSSR count). The summed E-state index contributed by atoms with van der Waals surface area (Å²) in [6.45, 7) is 6.01. The number of rotatable bonds is 7. The summed E-state index contributed by atoms with van der Waals surface area (Å²) in [5.74, 6) is 1.19. The van der Waals surface area contributed by atoms with Gasteiger partial charge in [-0.05, 0) is 43.0 Å². The second-order valence-corrected chi connectivity index (χ2v) is 5.65. The number of carbonyl (C=O) groups is 1. The lowest BCUT2D eigenvalue weighted by Gasteiger charge is -2.20. The highest BCUT2D eigenvalue weighted by Gasteiger charge is 2.20. The van der Waals surface area contributed by atoms with Crippen LogP contribution in [0.4, 0.5) is 5.69 Å². The molecule has 1 amide bonds. The van der Waals surface area contributed by atoms with Crippen LogP contribution in [0.25, 0.3) is 0 Å². The fourth-order valence-electron chi connectivity index (χ4n) is 2.57. The minimum absolute atomic E-state index is 0.135. The second kappa shape index (κ2) is 8.39. The van der Waals surface area contributed by atoms with E-state index in [9.17, 15) is 4.79 Å². The van der Waals surface area contributed by atoms with Gasteiger partial charge in [0.15, 0.2) is 6.10 Å². The van der Waals surface area contributed by atoms with Gasteiger partial charge in [0.05, 0.1) is 7.11 Å². The van der Waals surface area contributed by atoms with Gasteiger partial charge in [0.1, 0.15) is 11.5 Å². The van der Waals surface area contributed by atoms with Crippen LogP contribution in [0.15, 0.2) is 42.5 Å². The number of anilines is 1. The Bertz CT molecular complexity index is 697. The maximum atomic E-state index is 12.7. The summed E-state index contributed by atoms with van der Waals surface area (Å²) >= 11 is 0. The average Bonchev–Trinajstić information content (AvgIpc) is 2.61. The van der Waals surface area contributed by atoms with E-state index in [1.165, 1.54) is 0 Å². The highest BCUT2D eigenvalue weighted by molar-refractivity contribution is 5.95. The Labute approximate surface area is 143 Å². The Morgan fingerprint density at radius 3 is 2.50 bits per heavy atom. The number of aryl methyl sites for hydroxylation is 2. The molecule has 2 aromatic carbocycles. The fraction of sp³-hybridized carbons (Fsp3) is 0.350. The van der Waals surface area contributed by atoms with Gasteiger partial charge in [-0.3, -0.25) is 4.79 Å². The summed E-state index contributed by atoms with van der Waals surface area (Å²) in [4.78, 5) is 12.7. The molecule has 0 aromatic heterocycles. The Kier molecular flexibility index (Phi) is 6.24. The van der Waals surface area contributed by atoms with Gasteiger partial charge in [-0.15, -0.1) is 0 Å². The van der Waals surface area contributed by atoms with Gasteiger partial charge in [0.25, 0.3) is 5.91 Å². The molecule has 0 aliphatic heterocycles. The molecule has 0 saturated heterocycles. The summed E-state index contributed by atoms with van der Waals surface area (Å²) in [6.07, 6.45) is 0.891. The Balaban J connectivity index is 2.14. The van der Waals surface area contributed by atoms with Crippen LogP contribution in [0, 0.1) is 6.92 Å². The SMILES string of the molecule is CCc1cccc(C)c1NC(=O)[C@@H](CC)Oc1cccc(OC)c1. The number of hydrogen-bond donors (Lipinski definition) is 1. The molecule has 1 N–H and O–H groups in total. The van der Waals surface area contributed by atoms with Gasteiger partial charge in [-0.2, -0.15) is 0 Å². The Morgan fingerprint density at radius 1 is 1.12 bits per heavy atom. The molecule has 0 unspecified atom stereocenters. The molecule has 1 atom stereocenters. The van der Waals surface area contributed by atoms with Crippen molar-refractivity contribution in [3.63, 3.8) is 0 Å². The monoisotopic (exact) mass is 327 g/mol. The molecule has 0 radical (unpaired) electrons. The molecular formula is C20H25NO3. The third-order valence-corrected chi connectivity index (χ3v) is 3.97. The van der Waals surface area contributed by atoms with Crippen molar-refractivity contribution in [3.8, 4) is 11.5 Å². The molecule has 0 aliphatic rings. The third-order valence-electron chi connectivity index (χ3n) is 3.97. The van der Waals surface area contributed by atoms with Crippen LogP contribution >= 0.6 is 0 Å². The molecule has 0 fully saturated rings. The van der Waals surface area contributed by atoms with Crippen molar-refractivity contribution in [2.24, 2.45) is 0 Å². The zero-order valence-electron chi connectivity index (χ0n) is 14.8. The summed E-state index contributed by atoms with van der Waals surface area (Å²) in [6, 6.07) is 13.3. The van der Waals surface area contributed by atoms with Crippen molar-refractivity contribution in [2.45, 2.75) is 39.7 Å². The number of ether oxygens (including phenoxy) is 2. The molecule has 4 nitrogen and oxygen atoms in total. The van der Waals surface area contributed by atoms with E-state index in [0.29, 0.717) is 17.9 Å². The third kappa shape index (κ3) is 4.28.